The third-order valence-corrected chi connectivity index (χ3v) is 4.88. The molecule has 0 aliphatic carbocycles. The summed E-state index contributed by atoms with van der Waals surface area (Å²) < 4.78 is 11.2. The molecule has 0 saturated carbocycles. The third kappa shape index (κ3) is 3.12. The van der Waals surface area contributed by atoms with Gasteiger partial charge in [0.1, 0.15) is 18.9 Å². The lowest BCUT2D eigenvalue weighted by Gasteiger charge is -2.28. The second kappa shape index (κ2) is 6.75. The average molecular weight is 371 g/mol. The number of nitro groups is 2. The first-order valence-corrected chi connectivity index (χ1v) is 8.63. The highest BCUT2D eigenvalue weighted by atomic mass is 16.6. The molecule has 0 N–H and O–H groups in total. The summed E-state index contributed by atoms with van der Waals surface area (Å²) in [6.07, 6.45) is 1.70. The highest BCUT2D eigenvalue weighted by Gasteiger charge is 2.32. The van der Waals surface area contributed by atoms with Crippen LogP contribution in [-0.4, -0.2) is 29.6 Å². The Morgan fingerprint density at radius 1 is 0.963 bits per heavy atom. The fourth-order valence-electron chi connectivity index (χ4n) is 3.68. The van der Waals surface area contributed by atoms with Gasteiger partial charge >= 0.3 is 0 Å². The molecular weight excluding hydrogens is 354 g/mol. The fraction of sp³-hybridized carbons (Fsp3) is 0.333. The van der Waals surface area contributed by atoms with Crippen molar-refractivity contribution >= 4 is 17.1 Å². The third-order valence-electron chi connectivity index (χ3n) is 4.88. The monoisotopic (exact) mass is 371 g/mol. The normalized spacial score (nSPS) is 18.4. The van der Waals surface area contributed by atoms with Crippen LogP contribution in [0.15, 0.2) is 36.4 Å². The number of benzene rings is 2. The van der Waals surface area contributed by atoms with Crippen LogP contribution in [0.1, 0.15) is 24.4 Å². The Kier molecular flexibility index (Phi) is 4.27. The van der Waals surface area contributed by atoms with E-state index in [1.54, 1.807) is 0 Å². The second-order valence-electron chi connectivity index (χ2n) is 6.44. The quantitative estimate of drug-likeness (QED) is 0.596. The number of fused-ring (bicyclic) bond motifs is 1. The summed E-state index contributed by atoms with van der Waals surface area (Å²) in [5.74, 6) is 1.36. The molecule has 27 heavy (non-hydrogen) atoms. The highest BCUT2D eigenvalue weighted by Crippen LogP contribution is 2.43. The van der Waals surface area contributed by atoms with E-state index in [4.69, 9.17) is 9.47 Å². The van der Waals surface area contributed by atoms with Crippen LogP contribution in [0.5, 0.6) is 11.5 Å². The fourth-order valence-corrected chi connectivity index (χ4v) is 3.68. The Morgan fingerprint density at radius 2 is 1.74 bits per heavy atom. The number of hydrogen-bond acceptors (Lipinski definition) is 7. The van der Waals surface area contributed by atoms with E-state index in [9.17, 15) is 20.2 Å². The lowest BCUT2D eigenvalue weighted by Crippen LogP contribution is -2.24. The zero-order chi connectivity index (χ0) is 19.0. The zero-order valence-electron chi connectivity index (χ0n) is 14.4. The molecule has 4 rings (SSSR count). The number of nitrogens with zero attached hydrogens (tertiary/aromatic N) is 3. The van der Waals surface area contributed by atoms with Crippen LogP contribution in [0.4, 0.5) is 17.1 Å². The maximum atomic E-state index is 11.5. The highest BCUT2D eigenvalue weighted by molar-refractivity contribution is 5.68. The van der Waals surface area contributed by atoms with Crippen molar-refractivity contribution in [2.75, 3.05) is 24.7 Å². The van der Waals surface area contributed by atoms with E-state index in [0.717, 1.165) is 24.5 Å². The first kappa shape index (κ1) is 17.1. The standard InChI is InChI=1S/C18H17N3O6/c22-20(23)13-4-5-15(16(11-13)21(24)25)19-7-1-2-14(19)12-3-6-17-18(10-12)27-9-8-26-17/h3-6,10-11,14H,1-2,7-9H2. The molecule has 2 aliphatic heterocycles. The largest absolute Gasteiger partial charge is 0.486 e. The van der Waals surface area contributed by atoms with Gasteiger partial charge in [0.15, 0.2) is 11.5 Å². The summed E-state index contributed by atoms with van der Waals surface area (Å²) >= 11 is 0. The SMILES string of the molecule is O=[N+]([O-])c1ccc(N2CCCC2c2ccc3c(c2)OCCO3)c([N+](=O)[O-])c1. The van der Waals surface area contributed by atoms with Crippen molar-refractivity contribution in [2.24, 2.45) is 0 Å². The minimum atomic E-state index is -0.626. The Balaban J connectivity index is 1.71. The molecule has 2 heterocycles. The van der Waals surface area contributed by atoms with Crippen LogP contribution in [0.2, 0.25) is 0 Å². The molecule has 0 bridgehead atoms. The van der Waals surface area contributed by atoms with Gasteiger partial charge in [-0.05, 0) is 36.6 Å². The van der Waals surface area contributed by atoms with Crippen molar-refractivity contribution in [3.8, 4) is 11.5 Å². The minimum absolute atomic E-state index is 0.0685. The molecule has 1 unspecified atom stereocenters. The molecule has 2 aliphatic rings. The Morgan fingerprint density at radius 3 is 2.48 bits per heavy atom. The maximum Gasteiger partial charge on any atom is 0.299 e. The zero-order valence-corrected chi connectivity index (χ0v) is 14.4. The van der Waals surface area contributed by atoms with Gasteiger partial charge in [-0.25, -0.2) is 0 Å². The second-order valence-corrected chi connectivity index (χ2v) is 6.44. The van der Waals surface area contributed by atoms with Gasteiger partial charge in [0, 0.05) is 12.6 Å². The summed E-state index contributed by atoms with van der Waals surface area (Å²) in [4.78, 5) is 23.2. The molecule has 1 fully saturated rings. The van der Waals surface area contributed by atoms with Crippen molar-refractivity contribution in [1.29, 1.82) is 0 Å². The molecule has 0 aromatic heterocycles. The predicted octanol–water partition coefficient (Wildman–Crippen LogP) is 3.62. The van der Waals surface area contributed by atoms with Crippen molar-refractivity contribution < 1.29 is 19.3 Å². The lowest BCUT2D eigenvalue weighted by molar-refractivity contribution is -0.393. The molecule has 0 amide bonds. The van der Waals surface area contributed by atoms with Crippen LogP contribution in [0, 0.1) is 20.2 Å². The Labute approximate surface area is 154 Å². The number of anilines is 1. The average Bonchev–Trinajstić information content (AvgIpc) is 3.16. The van der Waals surface area contributed by atoms with Gasteiger partial charge in [-0.3, -0.25) is 20.2 Å². The van der Waals surface area contributed by atoms with Gasteiger partial charge in [-0.2, -0.15) is 0 Å². The van der Waals surface area contributed by atoms with Gasteiger partial charge in [0.05, 0.1) is 22.0 Å². The minimum Gasteiger partial charge on any atom is -0.486 e. The van der Waals surface area contributed by atoms with Gasteiger partial charge in [0.2, 0.25) is 0 Å². The smallest absolute Gasteiger partial charge is 0.299 e. The first-order valence-electron chi connectivity index (χ1n) is 8.63. The van der Waals surface area contributed by atoms with E-state index in [1.807, 2.05) is 23.1 Å². The molecular formula is C18H17N3O6. The molecule has 2 aromatic rings. The number of hydrogen-bond donors (Lipinski definition) is 0. The van der Waals surface area contributed by atoms with Crippen molar-refractivity contribution in [3.05, 3.63) is 62.2 Å². The van der Waals surface area contributed by atoms with Gasteiger partial charge < -0.3 is 14.4 Å². The maximum absolute atomic E-state index is 11.5. The van der Waals surface area contributed by atoms with Crippen LogP contribution in [0.25, 0.3) is 0 Å². The van der Waals surface area contributed by atoms with E-state index < -0.39 is 9.85 Å². The topological polar surface area (TPSA) is 108 Å². The van der Waals surface area contributed by atoms with Gasteiger partial charge in [-0.15, -0.1) is 0 Å². The molecule has 9 heteroatoms. The predicted molar refractivity (Wildman–Crippen MR) is 96.5 cm³/mol. The Bertz CT molecular complexity index is 916. The van der Waals surface area contributed by atoms with Crippen molar-refractivity contribution in [3.63, 3.8) is 0 Å². The van der Waals surface area contributed by atoms with Gasteiger partial charge in [-0.1, -0.05) is 6.07 Å². The number of non-ortho nitro benzene ring substituents is 1. The Hall–Kier alpha value is -3.36. The lowest BCUT2D eigenvalue weighted by atomic mass is 10.0. The summed E-state index contributed by atoms with van der Waals surface area (Å²) in [6.45, 7) is 1.63. The number of ether oxygens (including phenoxy) is 2. The molecule has 1 saturated heterocycles. The van der Waals surface area contributed by atoms with Crippen molar-refractivity contribution in [2.45, 2.75) is 18.9 Å². The first-order chi connectivity index (χ1) is 13.0. The van der Waals surface area contributed by atoms with E-state index in [1.165, 1.54) is 12.1 Å². The van der Waals surface area contributed by atoms with E-state index >= 15 is 0 Å². The van der Waals surface area contributed by atoms with E-state index in [-0.39, 0.29) is 17.4 Å². The van der Waals surface area contributed by atoms with E-state index in [0.29, 0.717) is 36.9 Å². The molecule has 0 spiro atoms. The molecule has 140 valence electrons. The number of rotatable bonds is 4. The number of nitro benzene ring substituents is 2. The summed E-state index contributed by atoms with van der Waals surface area (Å²) in [5.41, 5.74) is 0.821. The molecule has 2 aromatic carbocycles. The summed E-state index contributed by atoms with van der Waals surface area (Å²) in [6, 6.07) is 9.43. The van der Waals surface area contributed by atoms with Crippen LogP contribution < -0.4 is 14.4 Å². The summed E-state index contributed by atoms with van der Waals surface area (Å²) in [5, 5.41) is 22.5. The summed E-state index contributed by atoms with van der Waals surface area (Å²) in [7, 11) is 0. The van der Waals surface area contributed by atoms with E-state index in [2.05, 4.69) is 0 Å². The van der Waals surface area contributed by atoms with Crippen molar-refractivity contribution in [1.82, 2.24) is 0 Å². The van der Waals surface area contributed by atoms with Crippen LogP contribution in [-0.2, 0) is 0 Å². The molecule has 0 radical (unpaired) electrons. The van der Waals surface area contributed by atoms with Crippen LogP contribution >= 0.6 is 0 Å². The molecule has 9 nitrogen and oxygen atoms in total. The molecule has 1 atom stereocenters. The van der Waals surface area contributed by atoms with Crippen LogP contribution in [0.3, 0.4) is 0 Å². The van der Waals surface area contributed by atoms with Gasteiger partial charge in [0.25, 0.3) is 11.4 Å².